The van der Waals surface area contributed by atoms with Crippen molar-refractivity contribution in [2.45, 2.75) is 24.9 Å². The molecule has 1 aliphatic carbocycles. The van der Waals surface area contributed by atoms with Gasteiger partial charge in [0.1, 0.15) is 17.7 Å². The number of hydrogen-bond donors (Lipinski definition) is 1. The largest absolute Gasteiger partial charge is 0.385 e. The summed E-state index contributed by atoms with van der Waals surface area (Å²) in [7, 11) is 0. The Balaban J connectivity index is 2.03. The average molecular weight is 268 g/mol. The van der Waals surface area contributed by atoms with Crippen molar-refractivity contribution in [2.75, 3.05) is 0 Å². The molecule has 1 aliphatic heterocycles. The number of nitrogens with two attached hydrogens (primary N) is 1. The number of urea groups is 1. The predicted octanol–water partition coefficient (Wildman–Crippen LogP) is 2.48. The first-order valence-corrected chi connectivity index (χ1v) is 6.07. The van der Waals surface area contributed by atoms with Crippen LogP contribution in [0, 0.1) is 5.82 Å². The van der Waals surface area contributed by atoms with Crippen molar-refractivity contribution < 1.29 is 9.18 Å². The number of halogens is 2. The van der Waals surface area contributed by atoms with Gasteiger partial charge in [0.2, 0.25) is 0 Å². The lowest BCUT2D eigenvalue weighted by Crippen LogP contribution is -2.35. The maximum atomic E-state index is 13.0. The van der Waals surface area contributed by atoms with Crippen molar-refractivity contribution >= 4 is 23.5 Å². The van der Waals surface area contributed by atoms with Crippen LogP contribution in [0.2, 0.25) is 5.02 Å². The summed E-state index contributed by atoms with van der Waals surface area (Å²) in [5, 5.41) is 0.263. The van der Waals surface area contributed by atoms with E-state index in [0.717, 1.165) is 12.8 Å². The van der Waals surface area contributed by atoms with Crippen LogP contribution in [0.1, 0.15) is 24.4 Å². The van der Waals surface area contributed by atoms with Crippen molar-refractivity contribution in [1.82, 2.24) is 4.90 Å². The third-order valence-corrected chi connectivity index (χ3v) is 3.53. The van der Waals surface area contributed by atoms with E-state index >= 15 is 0 Å². The van der Waals surface area contributed by atoms with E-state index in [1.165, 1.54) is 12.1 Å². The summed E-state index contributed by atoms with van der Waals surface area (Å²) in [6.07, 6.45) is 1.90. The van der Waals surface area contributed by atoms with E-state index in [1.807, 2.05) is 0 Å². The SMILES string of the molecule is NC1=NC(=O)N(C2CC2)C1c1ccc(F)cc1Cl. The molecule has 0 spiro atoms. The Labute approximate surface area is 108 Å². The Morgan fingerprint density at radius 3 is 2.78 bits per heavy atom. The lowest BCUT2D eigenvalue weighted by molar-refractivity contribution is 0.203. The monoisotopic (exact) mass is 267 g/mol. The van der Waals surface area contributed by atoms with Crippen LogP contribution in [0.3, 0.4) is 0 Å². The Hall–Kier alpha value is -1.62. The molecule has 2 N–H and O–H groups in total. The zero-order valence-electron chi connectivity index (χ0n) is 9.44. The van der Waals surface area contributed by atoms with Gasteiger partial charge in [0.25, 0.3) is 0 Å². The van der Waals surface area contributed by atoms with Gasteiger partial charge < -0.3 is 10.6 Å². The van der Waals surface area contributed by atoms with Gasteiger partial charge in [-0.3, -0.25) is 0 Å². The molecular weight excluding hydrogens is 257 g/mol. The molecule has 3 rings (SSSR count). The highest BCUT2D eigenvalue weighted by atomic mass is 35.5. The van der Waals surface area contributed by atoms with Crippen LogP contribution in [-0.4, -0.2) is 22.8 Å². The third-order valence-electron chi connectivity index (χ3n) is 3.20. The molecular formula is C12H11ClFN3O. The fourth-order valence-electron chi connectivity index (χ4n) is 2.23. The predicted molar refractivity (Wildman–Crippen MR) is 66.0 cm³/mol. The summed E-state index contributed by atoms with van der Waals surface area (Å²) < 4.78 is 13.0. The van der Waals surface area contributed by atoms with Crippen molar-refractivity contribution in [1.29, 1.82) is 0 Å². The molecule has 94 valence electrons. The molecule has 2 amide bonds. The highest BCUT2D eigenvalue weighted by Crippen LogP contribution is 2.40. The number of aliphatic imine (C=N–C) groups is 1. The summed E-state index contributed by atoms with van der Waals surface area (Å²) in [6.45, 7) is 0. The number of rotatable bonds is 2. The number of carbonyl (C=O) groups is 1. The maximum Gasteiger partial charge on any atom is 0.346 e. The summed E-state index contributed by atoms with van der Waals surface area (Å²) in [4.78, 5) is 17.2. The molecule has 2 aliphatic rings. The van der Waals surface area contributed by atoms with Crippen LogP contribution < -0.4 is 5.73 Å². The fourth-order valence-corrected chi connectivity index (χ4v) is 2.50. The molecule has 0 radical (unpaired) electrons. The highest BCUT2D eigenvalue weighted by molar-refractivity contribution is 6.31. The molecule has 6 heteroatoms. The number of hydrogen-bond acceptors (Lipinski definition) is 2. The topological polar surface area (TPSA) is 58.7 Å². The van der Waals surface area contributed by atoms with E-state index in [4.69, 9.17) is 17.3 Å². The minimum Gasteiger partial charge on any atom is -0.385 e. The molecule has 18 heavy (non-hydrogen) atoms. The smallest absolute Gasteiger partial charge is 0.346 e. The van der Waals surface area contributed by atoms with Gasteiger partial charge in [-0.05, 0) is 25.0 Å². The quantitative estimate of drug-likeness (QED) is 0.895. The second kappa shape index (κ2) is 3.95. The van der Waals surface area contributed by atoms with E-state index in [0.29, 0.717) is 5.56 Å². The second-order valence-corrected chi connectivity index (χ2v) is 4.93. The molecule has 1 aromatic rings. The first kappa shape index (κ1) is 11.5. The van der Waals surface area contributed by atoms with Crippen LogP contribution in [0.4, 0.5) is 9.18 Å². The Morgan fingerprint density at radius 1 is 1.44 bits per heavy atom. The van der Waals surface area contributed by atoms with Crippen molar-refractivity contribution in [3.8, 4) is 0 Å². The molecule has 0 aromatic heterocycles. The fraction of sp³-hybridized carbons (Fsp3) is 0.333. The third kappa shape index (κ3) is 1.75. The molecule has 1 heterocycles. The van der Waals surface area contributed by atoms with E-state index in [9.17, 15) is 9.18 Å². The van der Waals surface area contributed by atoms with E-state index in [2.05, 4.69) is 4.99 Å². The Morgan fingerprint density at radius 2 is 2.17 bits per heavy atom. The lowest BCUT2D eigenvalue weighted by atomic mass is 10.0. The lowest BCUT2D eigenvalue weighted by Gasteiger charge is -2.25. The van der Waals surface area contributed by atoms with E-state index < -0.39 is 11.9 Å². The van der Waals surface area contributed by atoms with Crippen molar-refractivity contribution in [3.63, 3.8) is 0 Å². The number of amides is 2. The van der Waals surface area contributed by atoms with Gasteiger partial charge in [0.05, 0.1) is 0 Å². The summed E-state index contributed by atoms with van der Waals surface area (Å²) in [5.41, 5.74) is 6.42. The number of carbonyl (C=O) groups excluding carboxylic acids is 1. The van der Waals surface area contributed by atoms with Crippen LogP contribution >= 0.6 is 11.6 Å². The second-order valence-electron chi connectivity index (χ2n) is 4.53. The van der Waals surface area contributed by atoms with E-state index in [-0.39, 0.29) is 22.9 Å². The number of amidine groups is 1. The van der Waals surface area contributed by atoms with Crippen molar-refractivity contribution in [2.24, 2.45) is 10.7 Å². The zero-order chi connectivity index (χ0) is 12.9. The van der Waals surface area contributed by atoms with Gasteiger partial charge in [-0.2, -0.15) is 4.99 Å². The van der Waals surface area contributed by atoms with Gasteiger partial charge in [0.15, 0.2) is 0 Å². The van der Waals surface area contributed by atoms with Crippen LogP contribution in [0.15, 0.2) is 23.2 Å². The molecule has 1 atom stereocenters. The molecule has 1 saturated carbocycles. The minimum absolute atomic E-state index is 0.174. The maximum absolute atomic E-state index is 13.0. The number of benzene rings is 1. The van der Waals surface area contributed by atoms with Gasteiger partial charge in [-0.25, -0.2) is 9.18 Å². The van der Waals surface area contributed by atoms with Gasteiger partial charge >= 0.3 is 6.03 Å². The summed E-state index contributed by atoms with van der Waals surface area (Å²) >= 11 is 6.02. The van der Waals surface area contributed by atoms with Gasteiger partial charge in [0, 0.05) is 16.6 Å². The van der Waals surface area contributed by atoms with Gasteiger partial charge in [-0.1, -0.05) is 17.7 Å². The van der Waals surface area contributed by atoms with Crippen LogP contribution in [0.5, 0.6) is 0 Å². The number of nitrogens with zero attached hydrogens (tertiary/aromatic N) is 2. The summed E-state index contributed by atoms with van der Waals surface area (Å²) in [6, 6.07) is 3.46. The minimum atomic E-state index is -0.460. The molecule has 4 nitrogen and oxygen atoms in total. The van der Waals surface area contributed by atoms with Crippen LogP contribution in [0.25, 0.3) is 0 Å². The standard InChI is InChI=1S/C12H11ClFN3O/c13-9-5-6(14)1-4-8(9)10-11(15)16-12(18)17(10)7-2-3-7/h1,4-5,7,10H,2-3H2,(H2,15,16,18). The van der Waals surface area contributed by atoms with Crippen molar-refractivity contribution in [3.05, 3.63) is 34.6 Å². The Kier molecular flexibility index (Phi) is 2.52. The first-order chi connectivity index (χ1) is 8.58. The van der Waals surface area contributed by atoms with E-state index in [1.54, 1.807) is 11.0 Å². The first-order valence-electron chi connectivity index (χ1n) is 5.69. The molecule has 0 bridgehead atoms. The molecule has 1 fully saturated rings. The molecule has 0 saturated heterocycles. The summed E-state index contributed by atoms with van der Waals surface area (Å²) in [5.74, 6) is -0.193. The Bertz CT molecular complexity index is 556. The van der Waals surface area contributed by atoms with Crippen LogP contribution in [-0.2, 0) is 0 Å². The normalized spacial score (nSPS) is 23.4. The zero-order valence-corrected chi connectivity index (χ0v) is 10.2. The molecule has 1 unspecified atom stereocenters. The highest BCUT2D eigenvalue weighted by Gasteiger charge is 2.44. The average Bonchev–Trinajstić information content (AvgIpc) is 3.06. The van der Waals surface area contributed by atoms with Gasteiger partial charge in [-0.15, -0.1) is 0 Å². The molecule has 1 aromatic carbocycles.